The second-order valence-electron chi connectivity index (χ2n) is 4.46. The molecule has 1 saturated heterocycles. The molecule has 106 valence electrons. The molecule has 1 aliphatic heterocycles. The van der Waals surface area contributed by atoms with E-state index in [0.29, 0.717) is 11.5 Å². The average Bonchev–Trinajstić information content (AvgIpc) is 2.46. The van der Waals surface area contributed by atoms with Gasteiger partial charge in [-0.2, -0.15) is 0 Å². The summed E-state index contributed by atoms with van der Waals surface area (Å²) in [5.41, 5.74) is 0.501. The van der Waals surface area contributed by atoms with E-state index >= 15 is 0 Å². The first-order valence-corrected chi connectivity index (χ1v) is 7.50. The minimum absolute atomic E-state index is 0.0104. The maximum atomic E-state index is 12.1. The number of pyridine rings is 1. The molecule has 1 aromatic heterocycles. The van der Waals surface area contributed by atoms with E-state index < -0.39 is 5.97 Å². The number of nitrogens with one attached hydrogen (secondary N) is 1. The number of hydrogen-bond acceptors (Lipinski definition) is 4. The minimum atomic E-state index is -1.03. The molecule has 2 N–H and O–H groups in total. The van der Waals surface area contributed by atoms with Gasteiger partial charge in [0.15, 0.2) is 0 Å². The first kappa shape index (κ1) is 14.6. The van der Waals surface area contributed by atoms with E-state index in [4.69, 9.17) is 5.11 Å². The van der Waals surface area contributed by atoms with Crippen molar-refractivity contribution < 1.29 is 14.7 Å². The fourth-order valence-corrected chi connectivity index (χ4v) is 3.12. The molecular formula is C14H16N2O3S. The molecule has 0 spiro atoms. The number of nitrogens with zero attached hydrogens (tertiary/aromatic N) is 1. The van der Waals surface area contributed by atoms with Gasteiger partial charge in [-0.3, -0.25) is 4.79 Å². The lowest BCUT2D eigenvalue weighted by molar-refractivity contribution is -0.131. The van der Waals surface area contributed by atoms with Crippen LogP contribution in [0.1, 0.15) is 25.0 Å². The first-order chi connectivity index (χ1) is 9.65. The molecule has 1 atom stereocenters. The van der Waals surface area contributed by atoms with Crippen molar-refractivity contribution in [3.05, 3.63) is 30.0 Å². The molecule has 0 aromatic carbocycles. The number of carbonyl (C=O) groups is 2. The summed E-state index contributed by atoms with van der Waals surface area (Å²) in [4.78, 5) is 26.7. The van der Waals surface area contributed by atoms with Crippen LogP contribution in [0.3, 0.4) is 0 Å². The van der Waals surface area contributed by atoms with Gasteiger partial charge in [-0.15, -0.1) is 11.8 Å². The maximum Gasteiger partial charge on any atom is 0.328 e. The third-order valence-corrected chi connectivity index (χ3v) is 4.27. The molecule has 5 nitrogen and oxygen atoms in total. The van der Waals surface area contributed by atoms with E-state index in [1.807, 2.05) is 0 Å². The molecular weight excluding hydrogens is 276 g/mol. The summed E-state index contributed by atoms with van der Waals surface area (Å²) < 4.78 is 0. The minimum Gasteiger partial charge on any atom is -0.478 e. The van der Waals surface area contributed by atoms with Crippen LogP contribution in [0, 0.1) is 0 Å². The van der Waals surface area contributed by atoms with Crippen LogP contribution in [0.5, 0.6) is 0 Å². The van der Waals surface area contributed by atoms with Crippen molar-refractivity contribution in [3.63, 3.8) is 0 Å². The SMILES string of the molecule is O=C(O)/C=C/c1cccc(NC(=O)C2CCCCS2)n1. The standard InChI is InChI=1S/C14H16N2O3S/c17-13(18)8-7-10-4-3-6-12(15-10)16-14(19)11-5-1-2-9-20-11/h3-4,6-8,11H,1-2,5,9H2,(H,17,18)(H,15,16,19)/b8-7+. The van der Waals surface area contributed by atoms with Gasteiger partial charge in [0.05, 0.1) is 10.9 Å². The Morgan fingerprint density at radius 3 is 2.95 bits per heavy atom. The molecule has 0 bridgehead atoms. The van der Waals surface area contributed by atoms with E-state index in [-0.39, 0.29) is 11.2 Å². The zero-order valence-corrected chi connectivity index (χ0v) is 11.7. The summed E-state index contributed by atoms with van der Waals surface area (Å²) in [6, 6.07) is 5.12. The number of thioether (sulfide) groups is 1. The largest absolute Gasteiger partial charge is 0.478 e. The highest BCUT2D eigenvalue weighted by Crippen LogP contribution is 2.25. The Labute approximate surface area is 121 Å². The lowest BCUT2D eigenvalue weighted by atomic mass is 10.2. The van der Waals surface area contributed by atoms with Crippen molar-refractivity contribution in [2.24, 2.45) is 0 Å². The summed E-state index contributed by atoms with van der Waals surface area (Å²) in [6.45, 7) is 0. The van der Waals surface area contributed by atoms with Crippen LogP contribution in [0.25, 0.3) is 6.08 Å². The van der Waals surface area contributed by atoms with Crippen LogP contribution < -0.4 is 5.32 Å². The highest BCUT2D eigenvalue weighted by Gasteiger charge is 2.21. The molecule has 0 radical (unpaired) electrons. The van der Waals surface area contributed by atoms with Gasteiger partial charge in [0, 0.05) is 6.08 Å². The van der Waals surface area contributed by atoms with Crippen LogP contribution in [0.4, 0.5) is 5.82 Å². The Morgan fingerprint density at radius 1 is 1.40 bits per heavy atom. The average molecular weight is 292 g/mol. The molecule has 20 heavy (non-hydrogen) atoms. The molecule has 1 amide bonds. The van der Waals surface area contributed by atoms with Crippen molar-refractivity contribution in [1.29, 1.82) is 0 Å². The Balaban J connectivity index is 2.00. The number of rotatable bonds is 4. The Hall–Kier alpha value is -1.82. The lowest BCUT2D eigenvalue weighted by Crippen LogP contribution is -2.27. The topological polar surface area (TPSA) is 79.3 Å². The Kier molecular flexibility index (Phi) is 5.17. The Morgan fingerprint density at radius 2 is 2.25 bits per heavy atom. The number of anilines is 1. The molecule has 2 heterocycles. The van der Waals surface area contributed by atoms with Crippen LogP contribution in [-0.2, 0) is 9.59 Å². The zero-order chi connectivity index (χ0) is 14.4. The second kappa shape index (κ2) is 7.09. The molecule has 6 heteroatoms. The first-order valence-electron chi connectivity index (χ1n) is 6.46. The van der Waals surface area contributed by atoms with Crippen LogP contribution in [0.15, 0.2) is 24.3 Å². The number of hydrogen-bond donors (Lipinski definition) is 2. The van der Waals surface area contributed by atoms with Gasteiger partial charge >= 0.3 is 5.97 Å². The Bertz CT molecular complexity index is 525. The zero-order valence-electron chi connectivity index (χ0n) is 10.9. The van der Waals surface area contributed by atoms with Gasteiger partial charge in [0.25, 0.3) is 0 Å². The highest BCUT2D eigenvalue weighted by molar-refractivity contribution is 8.00. The number of carboxylic acids is 1. The van der Waals surface area contributed by atoms with E-state index in [1.165, 1.54) is 12.5 Å². The van der Waals surface area contributed by atoms with Crippen molar-refractivity contribution in [1.82, 2.24) is 4.98 Å². The lowest BCUT2D eigenvalue weighted by Gasteiger charge is -2.20. The van der Waals surface area contributed by atoms with Gasteiger partial charge in [-0.25, -0.2) is 9.78 Å². The number of aliphatic carboxylic acids is 1. The second-order valence-corrected chi connectivity index (χ2v) is 5.77. The van der Waals surface area contributed by atoms with Gasteiger partial charge in [-0.1, -0.05) is 12.5 Å². The van der Waals surface area contributed by atoms with Crippen LogP contribution in [-0.4, -0.2) is 33.0 Å². The van der Waals surface area contributed by atoms with E-state index in [1.54, 1.807) is 30.0 Å². The summed E-state index contributed by atoms with van der Waals surface area (Å²) in [5, 5.41) is 11.3. The monoisotopic (exact) mass is 292 g/mol. The molecule has 0 saturated carbocycles. The number of amides is 1. The number of carboxylic acid groups (broad SMARTS) is 1. The third-order valence-electron chi connectivity index (χ3n) is 2.89. The summed E-state index contributed by atoms with van der Waals surface area (Å²) in [5.74, 6) is 0.419. The fraction of sp³-hybridized carbons (Fsp3) is 0.357. The molecule has 1 aromatic rings. The predicted octanol–water partition coefficient (Wildman–Crippen LogP) is 2.40. The van der Waals surface area contributed by atoms with Crippen LogP contribution >= 0.6 is 11.8 Å². The maximum absolute atomic E-state index is 12.1. The summed E-state index contributed by atoms with van der Waals surface area (Å²) in [6.07, 6.45) is 5.56. The number of carbonyl (C=O) groups excluding carboxylic acids is 1. The molecule has 1 fully saturated rings. The van der Waals surface area contributed by atoms with Crippen molar-refractivity contribution in [2.45, 2.75) is 24.5 Å². The van der Waals surface area contributed by atoms with Crippen molar-refractivity contribution in [2.75, 3.05) is 11.1 Å². The van der Waals surface area contributed by atoms with Crippen LogP contribution in [0.2, 0.25) is 0 Å². The fourth-order valence-electron chi connectivity index (χ4n) is 1.92. The molecule has 2 rings (SSSR count). The van der Waals surface area contributed by atoms with Crippen molar-refractivity contribution >= 4 is 35.5 Å². The molecule has 0 aliphatic carbocycles. The molecule has 1 unspecified atom stereocenters. The van der Waals surface area contributed by atoms with E-state index in [0.717, 1.165) is 24.7 Å². The van der Waals surface area contributed by atoms with E-state index in [2.05, 4.69) is 10.3 Å². The smallest absolute Gasteiger partial charge is 0.328 e. The van der Waals surface area contributed by atoms with Gasteiger partial charge < -0.3 is 10.4 Å². The van der Waals surface area contributed by atoms with Gasteiger partial charge in [0.1, 0.15) is 5.82 Å². The van der Waals surface area contributed by atoms with Gasteiger partial charge in [0.2, 0.25) is 5.91 Å². The quantitative estimate of drug-likeness (QED) is 0.833. The summed E-state index contributed by atoms with van der Waals surface area (Å²) >= 11 is 1.68. The van der Waals surface area contributed by atoms with E-state index in [9.17, 15) is 9.59 Å². The highest BCUT2D eigenvalue weighted by atomic mass is 32.2. The third kappa shape index (κ3) is 4.38. The predicted molar refractivity (Wildman–Crippen MR) is 79.6 cm³/mol. The van der Waals surface area contributed by atoms with Crippen molar-refractivity contribution in [3.8, 4) is 0 Å². The normalized spacial score (nSPS) is 18.9. The number of aromatic nitrogens is 1. The van der Waals surface area contributed by atoms with Gasteiger partial charge in [-0.05, 0) is 36.8 Å². The molecule has 1 aliphatic rings. The summed E-state index contributed by atoms with van der Waals surface area (Å²) in [7, 11) is 0.